The predicted octanol–water partition coefficient (Wildman–Crippen LogP) is 2.78. The lowest BCUT2D eigenvalue weighted by molar-refractivity contribution is -0.134. The number of rotatable bonds is 6. The number of nitrogens with one attached hydrogen (secondary N) is 2. The molecule has 38 heavy (non-hydrogen) atoms. The van der Waals surface area contributed by atoms with Gasteiger partial charge in [-0.3, -0.25) is 4.79 Å². The van der Waals surface area contributed by atoms with E-state index in [1.165, 1.54) is 6.20 Å². The van der Waals surface area contributed by atoms with Gasteiger partial charge in [0.1, 0.15) is 22.8 Å². The normalized spacial score (nSPS) is 24.8. The van der Waals surface area contributed by atoms with Crippen LogP contribution in [0.2, 0.25) is 0 Å². The number of aromatic hydroxyl groups is 1. The average molecular weight is 518 g/mol. The van der Waals surface area contributed by atoms with Gasteiger partial charge < -0.3 is 34.8 Å². The molecule has 3 N–H and O–H groups in total. The molecule has 1 saturated carbocycles. The van der Waals surface area contributed by atoms with Crippen LogP contribution in [0.25, 0.3) is 22.6 Å². The van der Waals surface area contributed by atoms with Gasteiger partial charge >= 0.3 is 0 Å². The van der Waals surface area contributed by atoms with E-state index >= 15 is 0 Å². The molecule has 0 spiro atoms. The number of methoxy groups -OCH3 is 1. The number of hydrogen-bond donors (Lipinski definition) is 3. The summed E-state index contributed by atoms with van der Waals surface area (Å²) in [4.78, 5) is 31.9. The van der Waals surface area contributed by atoms with Gasteiger partial charge in [0.15, 0.2) is 11.4 Å². The highest BCUT2D eigenvalue weighted by Gasteiger charge is 2.49. The Kier molecular flexibility index (Phi) is 6.14. The van der Waals surface area contributed by atoms with Gasteiger partial charge in [0.2, 0.25) is 5.91 Å². The fraction of sp³-hybridized carbons (Fsp3) is 0.464. The molecule has 3 heterocycles. The second kappa shape index (κ2) is 9.50. The molecule has 3 aliphatic rings. The van der Waals surface area contributed by atoms with Crippen LogP contribution in [0.5, 0.6) is 11.5 Å². The van der Waals surface area contributed by atoms with Crippen molar-refractivity contribution in [3.63, 3.8) is 0 Å². The zero-order chi connectivity index (χ0) is 26.6. The van der Waals surface area contributed by atoms with Gasteiger partial charge in [0.25, 0.3) is 0 Å². The van der Waals surface area contributed by atoms with E-state index in [4.69, 9.17) is 9.72 Å². The zero-order valence-corrected chi connectivity index (χ0v) is 22.3. The van der Waals surface area contributed by atoms with Crippen LogP contribution in [0.4, 0.5) is 11.4 Å². The molecule has 1 aliphatic heterocycles. The number of carbonyl (C=O) groups excluding carboxylic acids is 1. The van der Waals surface area contributed by atoms with Crippen LogP contribution >= 0.6 is 0 Å². The van der Waals surface area contributed by atoms with Crippen molar-refractivity contribution in [3.05, 3.63) is 36.5 Å². The fourth-order valence-electron chi connectivity index (χ4n) is 6.18. The van der Waals surface area contributed by atoms with E-state index in [0.717, 1.165) is 43.9 Å². The average Bonchev–Trinajstić information content (AvgIpc) is 3.65. The Morgan fingerprint density at radius 2 is 1.95 bits per heavy atom. The first kappa shape index (κ1) is 24.5. The maximum atomic E-state index is 13.0. The van der Waals surface area contributed by atoms with E-state index in [9.17, 15) is 9.90 Å². The molecule has 1 amide bonds. The number of allylic oxidation sites excluding steroid dienone is 1. The molecule has 2 aliphatic carbocycles. The molecule has 2 bridgehead atoms. The number of aromatic nitrogens is 3. The molecular formula is C28H35N7O3. The number of carbonyl (C=O) groups is 1. The van der Waals surface area contributed by atoms with Gasteiger partial charge in [-0.15, -0.1) is 0 Å². The summed E-state index contributed by atoms with van der Waals surface area (Å²) < 4.78 is 5.77. The third kappa shape index (κ3) is 4.13. The number of amides is 1. The summed E-state index contributed by atoms with van der Waals surface area (Å²) in [5.74, 6) is 1.68. The summed E-state index contributed by atoms with van der Waals surface area (Å²) in [6, 6.07) is 6.04. The minimum absolute atomic E-state index is 0.0212. The van der Waals surface area contributed by atoms with Gasteiger partial charge in [-0.05, 0) is 37.4 Å². The summed E-state index contributed by atoms with van der Waals surface area (Å²) in [5, 5.41) is 14.3. The van der Waals surface area contributed by atoms with Gasteiger partial charge in [-0.2, -0.15) is 0 Å². The summed E-state index contributed by atoms with van der Waals surface area (Å²) in [6.45, 7) is 3.99. The summed E-state index contributed by atoms with van der Waals surface area (Å²) >= 11 is 0. The second-order valence-corrected chi connectivity index (χ2v) is 10.9. The molecule has 0 radical (unpaired) electrons. The van der Waals surface area contributed by atoms with Crippen molar-refractivity contribution >= 4 is 28.4 Å². The summed E-state index contributed by atoms with van der Waals surface area (Å²) in [7, 11) is 7.39. The number of H-pyrrole nitrogens is 1. The Hall–Kier alpha value is -3.79. The summed E-state index contributed by atoms with van der Waals surface area (Å²) in [5.41, 5.74) is 3.54. The largest absolute Gasteiger partial charge is 0.504 e. The lowest BCUT2D eigenvalue weighted by Crippen LogP contribution is -2.44. The van der Waals surface area contributed by atoms with Crippen molar-refractivity contribution in [1.29, 1.82) is 0 Å². The zero-order valence-electron chi connectivity index (χ0n) is 22.3. The number of pyridine rings is 1. The van der Waals surface area contributed by atoms with Crippen molar-refractivity contribution < 1.29 is 14.6 Å². The molecule has 6 rings (SSSR count). The number of ether oxygens (including phenoxy) is 1. The third-order valence-electron chi connectivity index (χ3n) is 8.30. The Labute approximate surface area is 222 Å². The van der Waals surface area contributed by atoms with Crippen LogP contribution < -0.4 is 15.0 Å². The highest BCUT2D eigenvalue weighted by atomic mass is 16.5. The smallest absolute Gasteiger partial charge is 0.227 e. The molecule has 3 aromatic rings. The van der Waals surface area contributed by atoms with Gasteiger partial charge in [0, 0.05) is 58.1 Å². The maximum absolute atomic E-state index is 13.0. The van der Waals surface area contributed by atoms with Crippen molar-refractivity contribution in [2.75, 3.05) is 64.6 Å². The lowest BCUT2D eigenvalue weighted by atomic mass is 9.87. The van der Waals surface area contributed by atoms with E-state index < -0.39 is 0 Å². The molecule has 10 heteroatoms. The first-order chi connectivity index (χ1) is 18.3. The molecule has 1 aromatic carbocycles. The number of nitrogens with zero attached hydrogens (tertiary/aromatic N) is 5. The maximum Gasteiger partial charge on any atom is 0.227 e. The number of likely N-dealkylation sites (N-methyl/N-ethyl adjacent to an activating group) is 1. The highest BCUT2D eigenvalue weighted by Crippen LogP contribution is 2.47. The van der Waals surface area contributed by atoms with E-state index in [0.29, 0.717) is 28.4 Å². The number of piperazine rings is 1. The Morgan fingerprint density at radius 3 is 2.68 bits per heavy atom. The minimum Gasteiger partial charge on any atom is -0.504 e. The van der Waals surface area contributed by atoms with Crippen molar-refractivity contribution in [1.82, 2.24) is 24.8 Å². The second-order valence-electron chi connectivity index (χ2n) is 10.9. The third-order valence-corrected chi connectivity index (χ3v) is 8.30. The fourth-order valence-corrected chi connectivity index (χ4v) is 6.18. The molecule has 2 fully saturated rings. The number of aromatic amines is 1. The van der Waals surface area contributed by atoms with Crippen molar-refractivity contribution in [2.24, 2.45) is 17.8 Å². The van der Waals surface area contributed by atoms with Gasteiger partial charge in [-0.25, -0.2) is 9.97 Å². The Balaban J connectivity index is 1.33. The van der Waals surface area contributed by atoms with Crippen LogP contribution in [0.1, 0.15) is 6.42 Å². The SMILES string of the molecule is COc1cc(N2CCN(C)CC2)ccc1-c1nc2ncc(O)c(NC3C4C=CC(C4)C3C(=O)N(C)C)c2[nH]1. The van der Waals surface area contributed by atoms with E-state index in [-0.39, 0.29) is 35.5 Å². The first-order valence-electron chi connectivity index (χ1n) is 13.2. The van der Waals surface area contributed by atoms with E-state index in [1.54, 1.807) is 26.1 Å². The highest BCUT2D eigenvalue weighted by molar-refractivity contribution is 5.92. The topological polar surface area (TPSA) is 110 Å². The predicted molar refractivity (Wildman–Crippen MR) is 148 cm³/mol. The van der Waals surface area contributed by atoms with Crippen LogP contribution in [0, 0.1) is 17.8 Å². The lowest BCUT2D eigenvalue weighted by Gasteiger charge is -2.34. The number of fused-ring (bicyclic) bond motifs is 3. The molecule has 4 atom stereocenters. The van der Waals surface area contributed by atoms with E-state index in [1.807, 2.05) is 6.07 Å². The first-order valence-corrected chi connectivity index (χ1v) is 13.2. The van der Waals surface area contributed by atoms with Crippen LogP contribution in [-0.2, 0) is 4.79 Å². The van der Waals surface area contributed by atoms with E-state index in [2.05, 4.69) is 56.4 Å². The van der Waals surface area contributed by atoms with Crippen LogP contribution in [-0.4, -0.2) is 96.2 Å². The monoisotopic (exact) mass is 517 g/mol. The minimum atomic E-state index is -0.188. The van der Waals surface area contributed by atoms with Gasteiger partial charge in [-0.1, -0.05) is 12.2 Å². The quantitative estimate of drug-likeness (QED) is 0.428. The number of hydrogen-bond acceptors (Lipinski definition) is 8. The molecule has 4 unspecified atom stereocenters. The standard InChI is InChI=1S/C28H35N7O3/c1-33(2)28(37)22-16-5-6-17(13-16)23(22)30-24-20(36)15-29-27-25(24)31-26(32-27)19-8-7-18(14-21(19)38-4)35-11-9-34(3)10-12-35/h5-8,14-17,22-23,36H,9-13H2,1-4H3,(H2,29,30,31,32). The summed E-state index contributed by atoms with van der Waals surface area (Å²) in [6.07, 6.45) is 6.68. The molecule has 1 saturated heterocycles. The van der Waals surface area contributed by atoms with Crippen LogP contribution in [0.15, 0.2) is 36.5 Å². The molecular weight excluding hydrogens is 482 g/mol. The molecule has 2 aromatic heterocycles. The number of imidazole rings is 1. The van der Waals surface area contributed by atoms with Crippen molar-refractivity contribution in [2.45, 2.75) is 12.5 Å². The van der Waals surface area contributed by atoms with Crippen molar-refractivity contribution in [3.8, 4) is 22.9 Å². The Morgan fingerprint density at radius 1 is 1.18 bits per heavy atom. The molecule has 10 nitrogen and oxygen atoms in total. The number of benzene rings is 1. The van der Waals surface area contributed by atoms with Gasteiger partial charge in [0.05, 0.1) is 24.8 Å². The van der Waals surface area contributed by atoms with Crippen LogP contribution in [0.3, 0.4) is 0 Å². The Bertz CT molecular complexity index is 1390. The number of anilines is 2. The molecule has 200 valence electrons.